The minimum atomic E-state index is 0.241. The van der Waals surface area contributed by atoms with E-state index in [1.165, 1.54) is 10.5 Å². The van der Waals surface area contributed by atoms with E-state index in [0.717, 1.165) is 30.6 Å². The fourth-order valence-electron chi connectivity index (χ4n) is 2.65. The number of rotatable bonds is 2. The highest BCUT2D eigenvalue weighted by molar-refractivity contribution is 7.99. The third kappa shape index (κ3) is 1.97. The van der Waals surface area contributed by atoms with Gasteiger partial charge in [-0.15, -0.1) is 22.0 Å². The minimum absolute atomic E-state index is 0.241. The summed E-state index contributed by atoms with van der Waals surface area (Å²) in [5.74, 6) is 3.00. The van der Waals surface area contributed by atoms with E-state index < -0.39 is 0 Å². The highest BCUT2D eigenvalue weighted by Gasteiger charge is 2.30. The number of fused-ring (bicyclic) bond motifs is 1. The van der Waals surface area contributed by atoms with E-state index in [-0.39, 0.29) is 11.8 Å². The Bertz CT molecular complexity index is 593. The van der Waals surface area contributed by atoms with Crippen LogP contribution in [0.2, 0.25) is 0 Å². The van der Waals surface area contributed by atoms with Gasteiger partial charge in [0.25, 0.3) is 0 Å². The van der Waals surface area contributed by atoms with Gasteiger partial charge in [0.15, 0.2) is 0 Å². The summed E-state index contributed by atoms with van der Waals surface area (Å²) in [4.78, 5) is 1.33. The molecule has 4 nitrogen and oxygen atoms in total. The van der Waals surface area contributed by atoms with Crippen LogP contribution < -0.4 is 0 Å². The second-order valence-electron chi connectivity index (χ2n) is 4.94. The molecule has 1 fully saturated rings. The molecule has 0 amide bonds. The summed E-state index contributed by atoms with van der Waals surface area (Å²) in [7, 11) is 0. The Hall–Kier alpha value is -1.33. The molecule has 0 N–H and O–H groups in total. The molecule has 19 heavy (non-hydrogen) atoms. The molecule has 2 aliphatic rings. The van der Waals surface area contributed by atoms with Gasteiger partial charge in [0, 0.05) is 17.3 Å². The molecule has 2 atom stereocenters. The van der Waals surface area contributed by atoms with Crippen LogP contribution in [0.5, 0.6) is 0 Å². The van der Waals surface area contributed by atoms with Gasteiger partial charge < -0.3 is 9.15 Å². The fraction of sp³-hybridized carbons (Fsp3) is 0.429. The molecule has 0 aliphatic carbocycles. The first-order chi connectivity index (χ1) is 9.42. The van der Waals surface area contributed by atoms with Gasteiger partial charge in [-0.05, 0) is 18.1 Å². The molecule has 98 valence electrons. The molecule has 0 radical (unpaired) electrons. The number of hydrogen-bond acceptors (Lipinski definition) is 5. The Balaban J connectivity index is 1.63. The highest BCUT2D eigenvalue weighted by Crippen LogP contribution is 2.42. The van der Waals surface area contributed by atoms with Crippen LogP contribution >= 0.6 is 11.8 Å². The molecule has 1 saturated heterocycles. The number of thioether (sulfide) groups is 1. The topological polar surface area (TPSA) is 48.2 Å². The van der Waals surface area contributed by atoms with Crippen molar-refractivity contribution in [2.75, 3.05) is 19.0 Å². The number of aromatic nitrogens is 2. The second-order valence-corrected chi connectivity index (χ2v) is 6.00. The van der Waals surface area contributed by atoms with Crippen molar-refractivity contribution >= 4 is 11.8 Å². The molecule has 1 aromatic carbocycles. The van der Waals surface area contributed by atoms with Crippen molar-refractivity contribution in [2.24, 2.45) is 0 Å². The molecule has 0 spiro atoms. The smallest absolute Gasteiger partial charge is 0.224 e. The lowest BCUT2D eigenvalue weighted by Gasteiger charge is -2.05. The van der Waals surface area contributed by atoms with Crippen LogP contribution in [0.1, 0.15) is 35.6 Å². The van der Waals surface area contributed by atoms with Crippen LogP contribution in [0.25, 0.3) is 0 Å². The summed E-state index contributed by atoms with van der Waals surface area (Å²) >= 11 is 1.86. The summed E-state index contributed by atoms with van der Waals surface area (Å²) in [5, 5.41) is 8.47. The zero-order chi connectivity index (χ0) is 12.7. The highest BCUT2D eigenvalue weighted by atomic mass is 32.2. The predicted octanol–water partition coefficient (Wildman–Crippen LogP) is 2.81. The molecule has 0 bridgehead atoms. The Kier molecular flexibility index (Phi) is 2.81. The van der Waals surface area contributed by atoms with E-state index in [0.29, 0.717) is 6.61 Å². The predicted molar refractivity (Wildman–Crippen MR) is 71.5 cm³/mol. The number of hydrogen-bond donors (Lipinski definition) is 0. The zero-order valence-corrected chi connectivity index (χ0v) is 11.2. The van der Waals surface area contributed by atoms with Crippen LogP contribution in [0.15, 0.2) is 33.6 Å². The van der Waals surface area contributed by atoms with E-state index >= 15 is 0 Å². The van der Waals surface area contributed by atoms with Crippen molar-refractivity contribution in [1.82, 2.24) is 10.2 Å². The molecule has 3 heterocycles. The normalized spacial score (nSPS) is 25.7. The molecule has 2 aromatic rings. The summed E-state index contributed by atoms with van der Waals surface area (Å²) in [5.41, 5.74) is 1.31. The second kappa shape index (κ2) is 4.65. The lowest BCUT2D eigenvalue weighted by Crippen LogP contribution is -1.99. The van der Waals surface area contributed by atoms with E-state index in [4.69, 9.17) is 9.15 Å². The van der Waals surface area contributed by atoms with Gasteiger partial charge in [-0.25, -0.2) is 0 Å². The molecule has 0 unspecified atom stereocenters. The maximum Gasteiger partial charge on any atom is 0.224 e. The van der Waals surface area contributed by atoms with Crippen molar-refractivity contribution in [2.45, 2.75) is 23.2 Å². The summed E-state index contributed by atoms with van der Waals surface area (Å²) < 4.78 is 11.3. The van der Waals surface area contributed by atoms with Gasteiger partial charge in [0.05, 0.1) is 18.4 Å². The monoisotopic (exact) mass is 274 g/mol. The average Bonchev–Trinajstić information content (AvgIpc) is 3.18. The maximum absolute atomic E-state index is 5.89. The van der Waals surface area contributed by atoms with Crippen molar-refractivity contribution in [3.63, 3.8) is 0 Å². The van der Waals surface area contributed by atoms with Gasteiger partial charge >= 0.3 is 0 Å². The van der Waals surface area contributed by atoms with Crippen LogP contribution in [0, 0.1) is 0 Å². The van der Waals surface area contributed by atoms with E-state index in [1.807, 2.05) is 11.8 Å². The quantitative estimate of drug-likeness (QED) is 0.842. The van der Waals surface area contributed by atoms with Gasteiger partial charge in [-0.2, -0.15) is 0 Å². The van der Waals surface area contributed by atoms with E-state index in [2.05, 4.69) is 34.5 Å². The van der Waals surface area contributed by atoms with Crippen molar-refractivity contribution in [1.29, 1.82) is 0 Å². The molecular weight excluding hydrogens is 260 g/mol. The average molecular weight is 274 g/mol. The number of benzene rings is 1. The summed E-state index contributed by atoms with van der Waals surface area (Å²) in [6, 6.07) is 8.45. The molecular formula is C14H14N2O2S. The first kappa shape index (κ1) is 11.5. The Morgan fingerprint density at radius 3 is 2.95 bits per heavy atom. The largest absolute Gasteiger partial charge is 0.424 e. The Morgan fingerprint density at radius 2 is 2.05 bits per heavy atom. The molecule has 2 aliphatic heterocycles. The van der Waals surface area contributed by atoms with Gasteiger partial charge in [-0.1, -0.05) is 18.2 Å². The summed E-state index contributed by atoms with van der Waals surface area (Å²) in [6.45, 7) is 1.50. The standard InChI is InChI=1S/C14H14N2O2S/c1-2-4-12-10(3-1)11(8-19-12)14-16-15-13(18-14)9-5-6-17-7-9/h1-4,9,11H,5-8H2/t9-,11-/m1/s1. The van der Waals surface area contributed by atoms with Gasteiger partial charge in [0.2, 0.25) is 11.8 Å². The molecule has 4 rings (SSSR count). The molecule has 0 saturated carbocycles. The Morgan fingerprint density at radius 1 is 1.16 bits per heavy atom. The Labute approximate surface area is 115 Å². The number of ether oxygens (including phenoxy) is 1. The fourth-order valence-corrected chi connectivity index (χ4v) is 3.87. The SMILES string of the molecule is c1ccc2c(c1)SC[C@H]2c1nnc([C@@H]2CCOC2)o1. The van der Waals surface area contributed by atoms with E-state index in [9.17, 15) is 0 Å². The lowest BCUT2D eigenvalue weighted by molar-refractivity contribution is 0.190. The lowest BCUT2D eigenvalue weighted by atomic mass is 10.0. The first-order valence-electron chi connectivity index (χ1n) is 6.54. The summed E-state index contributed by atoms with van der Waals surface area (Å²) in [6.07, 6.45) is 0.984. The minimum Gasteiger partial charge on any atom is -0.424 e. The molecule has 5 heteroatoms. The van der Waals surface area contributed by atoms with Crippen molar-refractivity contribution in [3.8, 4) is 0 Å². The van der Waals surface area contributed by atoms with Gasteiger partial charge in [-0.3, -0.25) is 0 Å². The van der Waals surface area contributed by atoms with E-state index in [1.54, 1.807) is 0 Å². The zero-order valence-electron chi connectivity index (χ0n) is 10.4. The number of nitrogens with zero attached hydrogens (tertiary/aromatic N) is 2. The molecule has 1 aromatic heterocycles. The van der Waals surface area contributed by atoms with Crippen molar-refractivity contribution < 1.29 is 9.15 Å². The van der Waals surface area contributed by atoms with Gasteiger partial charge in [0.1, 0.15) is 0 Å². The maximum atomic E-state index is 5.89. The van der Waals surface area contributed by atoms with Crippen LogP contribution in [0.4, 0.5) is 0 Å². The van der Waals surface area contributed by atoms with Crippen LogP contribution in [-0.4, -0.2) is 29.2 Å². The first-order valence-corrected chi connectivity index (χ1v) is 7.53. The van der Waals surface area contributed by atoms with Crippen LogP contribution in [0.3, 0.4) is 0 Å². The third-order valence-electron chi connectivity index (χ3n) is 3.73. The van der Waals surface area contributed by atoms with Crippen LogP contribution in [-0.2, 0) is 4.74 Å². The third-order valence-corrected chi connectivity index (χ3v) is 4.92. The van der Waals surface area contributed by atoms with Crippen molar-refractivity contribution in [3.05, 3.63) is 41.6 Å².